The minimum atomic E-state index is -0.776. The van der Waals surface area contributed by atoms with Crippen molar-refractivity contribution in [3.05, 3.63) is 35.9 Å². The van der Waals surface area contributed by atoms with Crippen molar-refractivity contribution in [1.29, 1.82) is 0 Å². The molecule has 2 aliphatic rings. The van der Waals surface area contributed by atoms with Gasteiger partial charge < -0.3 is 10.1 Å². The molecule has 0 spiro atoms. The van der Waals surface area contributed by atoms with Crippen LogP contribution in [0.5, 0.6) is 0 Å². The van der Waals surface area contributed by atoms with Crippen LogP contribution in [0.3, 0.4) is 0 Å². The molecular formula is C13H15FN2O. The van der Waals surface area contributed by atoms with Crippen LogP contribution in [0.15, 0.2) is 35.3 Å². The first-order valence-corrected chi connectivity index (χ1v) is 5.96. The van der Waals surface area contributed by atoms with Crippen molar-refractivity contribution >= 4 is 5.90 Å². The average molecular weight is 234 g/mol. The third-order valence-corrected chi connectivity index (χ3v) is 3.23. The summed E-state index contributed by atoms with van der Waals surface area (Å²) >= 11 is 0. The van der Waals surface area contributed by atoms with Gasteiger partial charge in [-0.1, -0.05) is 30.3 Å². The molecule has 0 radical (unpaired) electrons. The molecule has 1 aromatic rings. The second-order valence-electron chi connectivity index (χ2n) is 4.50. The van der Waals surface area contributed by atoms with Crippen molar-refractivity contribution in [2.24, 2.45) is 4.99 Å². The quantitative estimate of drug-likeness (QED) is 0.847. The van der Waals surface area contributed by atoms with E-state index in [2.05, 4.69) is 10.3 Å². The van der Waals surface area contributed by atoms with Gasteiger partial charge in [0.05, 0.1) is 6.04 Å². The number of alkyl halides is 1. The van der Waals surface area contributed by atoms with Crippen LogP contribution in [0.25, 0.3) is 0 Å². The Labute approximate surface area is 99.7 Å². The van der Waals surface area contributed by atoms with E-state index in [0.717, 1.165) is 5.56 Å². The molecule has 3 atom stereocenters. The van der Waals surface area contributed by atoms with Crippen LogP contribution >= 0.6 is 0 Å². The first-order chi connectivity index (χ1) is 8.33. The molecule has 2 aliphatic heterocycles. The highest BCUT2D eigenvalue weighted by Gasteiger charge is 2.32. The van der Waals surface area contributed by atoms with E-state index in [0.29, 0.717) is 25.5 Å². The Morgan fingerprint density at radius 3 is 2.82 bits per heavy atom. The lowest BCUT2D eigenvalue weighted by atomic mass is 10.1. The summed E-state index contributed by atoms with van der Waals surface area (Å²) in [6, 6.07) is 10.1. The fourth-order valence-corrected chi connectivity index (χ4v) is 2.31. The van der Waals surface area contributed by atoms with Crippen molar-refractivity contribution in [2.75, 3.05) is 13.2 Å². The normalized spacial score (nSPS) is 32.3. The molecule has 1 aromatic carbocycles. The number of rotatable bonds is 2. The van der Waals surface area contributed by atoms with Crippen LogP contribution in [0.2, 0.25) is 0 Å². The van der Waals surface area contributed by atoms with Crippen LogP contribution in [-0.4, -0.2) is 31.3 Å². The molecule has 3 nitrogen and oxygen atoms in total. The number of halogens is 1. The van der Waals surface area contributed by atoms with E-state index in [4.69, 9.17) is 4.74 Å². The molecule has 1 N–H and O–H groups in total. The Balaban J connectivity index is 1.73. The lowest BCUT2D eigenvalue weighted by Crippen LogP contribution is -2.30. The zero-order chi connectivity index (χ0) is 11.7. The smallest absolute Gasteiger partial charge is 0.201 e. The molecule has 0 aromatic heterocycles. The summed E-state index contributed by atoms with van der Waals surface area (Å²) in [5, 5.41) is 3.09. The van der Waals surface area contributed by atoms with Crippen LogP contribution in [0.1, 0.15) is 18.0 Å². The molecule has 3 rings (SSSR count). The van der Waals surface area contributed by atoms with Gasteiger partial charge in [-0.3, -0.25) is 0 Å². The molecule has 90 valence electrons. The van der Waals surface area contributed by atoms with E-state index in [1.165, 1.54) is 0 Å². The molecule has 0 aliphatic carbocycles. The molecule has 1 fully saturated rings. The van der Waals surface area contributed by atoms with Gasteiger partial charge in [-0.25, -0.2) is 9.38 Å². The van der Waals surface area contributed by atoms with Crippen LogP contribution in [0, 0.1) is 0 Å². The lowest BCUT2D eigenvalue weighted by Gasteiger charge is -2.08. The van der Waals surface area contributed by atoms with Gasteiger partial charge in [-0.2, -0.15) is 0 Å². The van der Waals surface area contributed by atoms with Gasteiger partial charge in [0.2, 0.25) is 5.90 Å². The fourth-order valence-electron chi connectivity index (χ4n) is 2.31. The van der Waals surface area contributed by atoms with Gasteiger partial charge in [0.15, 0.2) is 0 Å². The van der Waals surface area contributed by atoms with Crippen LogP contribution in [0.4, 0.5) is 4.39 Å². The Hall–Kier alpha value is -1.42. The highest BCUT2D eigenvalue weighted by Crippen LogP contribution is 2.25. The number of hydrogen-bond donors (Lipinski definition) is 1. The molecule has 0 bridgehead atoms. The minimum absolute atomic E-state index is 0.0429. The molecular weight excluding hydrogens is 219 g/mol. The summed E-state index contributed by atoms with van der Waals surface area (Å²) < 4.78 is 18.6. The molecule has 0 saturated carbocycles. The van der Waals surface area contributed by atoms with E-state index in [9.17, 15) is 4.39 Å². The van der Waals surface area contributed by atoms with Crippen molar-refractivity contribution < 1.29 is 9.13 Å². The zero-order valence-corrected chi connectivity index (χ0v) is 9.47. The maximum atomic E-state index is 13.1. The van der Waals surface area contributed by atoms with E-state index in [1.807, 2.05) is 30.3 Å². The molecule has 0 unspecified atom stereocenters. The van der Waals surface area contributed by atoms with Crippen molar-refractivity contribution in [3.63, 3.8) is 0 Å². The fraction of sp³-hybridized carbons (Fsp3) is 0.462. The number of nitrogens with zero attached hydrogens (tertiary/aromatic N) is 1. The van der Waals surface area contributed by atoms with Crippen molar-refractivity contribution in [1.82, 2.24) is 5.32 Å². The Morgan fingerprint density at radius 1 is 1.29 bits per heavy atom. The van der Waals surface area contributed by atoms with E-state index < -0.39 is 6.17 Å². The largest absolute Gasteiger partial charge is 0.477 e. The first kappa shape index (κ1) is 10.7. The topological polar surface area (TPSA) is 33.6 Å². The summed E-state index contributed by atoms with van der Waals surface area (Å²) in [5.74, 6) is 0.666. The van der Waals surface area contributed by atoms with Gasteiger partial charge in [0.25, 0.3) is 0 Å². The molecule has 4 heteroatoms. The van der Waals surface area contributed by atoms with Crippen molar-refractivity contribution in [3.8, 4) is 0 Å². The summed E-state index contributed by atoms with van der Waals surface area (Å²) in [7, 11) is 0. The monoisotopic (exact) mass is 234 g/mol. The highest BCUT2D eigenvalue weighted by atomic mass is 19.1. The number of benzene rings is 1. The minimum Gasteiger partial charge on any atom is -0.477 e. The van der Waals surface area contributed by atoms with Gasteiger partial charge in [-0.15, -0.1) is 0 Å². The summed E-state index contributed by atoms with van der Waals surface area (Å²) in [4.78, 5) is 4.54. The molecule has 1 saturated heterocycles. The van der Waals surface area contributed by atoms with Gasteiger partial charge >= 0.3 is 0 Å². The Kier molecular flexibility index (Phi) is 2.81. The first-order valence-electron chi connectivity index (χ1n) is 5.96. The second kappa shape index (κ2) is 4.45. The SMILES string of the molecule is F[C@@H]1CN[C@H](C2=N[C@@H](c3ccccc3)CO2)C1. The van der Waals surface area contributed by atoms with E-state index in [-0.39, 0.29) is 12.1 Å². The Bertz CT molecular complexity index is 421. The summed E-state index contributed by atoms with van der Waals surface area (Å²) in [5.41, 5.74) is 1.15. The zero-order valence-electron chi connectivity index (χ0n) is 9.47. The highest BCUT2D eigenvalue weighted by molar-refractivity contribution is 5.83. The number of hydrogen-bond acceptors (Lipinski definition) is 3. The summed E-state index contributed by atoms with van der Waals surface area (Å²) in [6.45, 7) is 0.970. The molecule has 17 heavy (non-hydrogen) atoms. The van der Waals surface area contributed by atoms with Gasteiger partial charge in [-0.05, 0) is 5.56 Å². The predicted octanol–water partition coefficient (Wildman–Crippen LogP) is 1.86. The average Bonchev–Trinajstić information content (AvgIpc) is 2.98. The number of aliphatic imine (C=N–C) groups is 1. The van der Waals surface area contributed by atoms with Gasteiger partial charge in [0, 0.05) is 13.0 Å². The maximum absolute atomic E-state index is 13.1. The lowest BCUT2D eigenvalue weighted by molar-refractivity contribution is 0.301. The van der Waals surface area contributed by atoms with E-state index in [1.54, 1.807) is 0 Å². The third kappa shape index (κ3) is 2.17. The second-order valence-corrected chi connectivity index (χ2v) is 4.50. The van der Waals surface area contributed by atoms with Gasteiger partial charge in [0.1, 0.15) is 18.8 Å². The molecule has 0 amide bonds. The number of ether oxygens (including phenoxy) is 1. The maximum Gasteiger partial charge on any atom is 0.201 e. The van der Waals surface area contributed by atoms with Crippen LogP contribution < -0.4 is 5.32 Å². The standard InChI is InChI=1S/C13H15FN2O/c14-10-6-11(15-7-10)13-16-12(8-17-13)9-4-2-1-3-5-9/h1-5,10-12,15H,6-8H2/t10-,11-,12+/m0/s1. The van der Waals surface area contributed by atoms with Crippen molar-refractivity contribution in [2.45, 2.75) is 24.7 Å². The molecule has 2 heterocycles. The number of nitrogens with one attached hydrogen (secondary N) is 1. The predicted molar refractivity (Wildman–Crippen MR) is 63.9 cm³/mol. The third-order valence-electron chi connectivity index (χ3n) is 3.23. The Morgan fingerprint density at radius 2 is 2.12 bits per heavy atom. The summed E-state index contributed by atoms with van der Waals surface area (Å²) in [6.07, 6.45) is -0.303. The van der Waals surface area contributed by atoms with E-state index >= 15 is 0 Å². The van der Waals surface area contributed by atoms with Crippen LogP contribution in [-0.2, 0) is 4.74 Å².